The zero-order valence-corrected chi connectivity index (χ0v) is 15.5. The molecular weight excluding hydrogens is 390 g/mol. The molecule has 0 bridgehead atoms. The van der Waals surface area contributed by atoms with Gasteiger partial charge in [-0.25, -0.2) is 15.0 Å². The van der Waals surface area contributed by atoms with E-state index >= 15 is 0 Å². The number of nitrogens with zero attached hydrogens (tertiary/aromatic N) is 4. The van der Waals surface area contributed by atoms with Gasteiger partial charge in [-0.1, -0.05) is 11.6 Å². The van der Waals surface area contributed by atoms with E-state index < -0.39 is 6.61 Å². The number of rotatable bonds is 5. The first-order valence-corrected chi connectivity index (χ1v) is 9.07. The van der Waals surface area contributed by atoms with Gasteiger partial charge in [0.1, 0.15) is 23.4 Å². The number of aromatic nitrogens is 3. The summed E-state index contributed by atoms with van der Waals surface area (Å²) >= 11 is 6.03. The molecule has 0 atom stereocenters. The van der Waals surface area contributed by atoms with Crippen LogP contribution in [0.1, 0.15) is 0 Å². The average Bonchev–Trinajstić information content (AvgIpc) is 2.70. The van der Waals surface area contributed by atoms with Crippen molar-refractivity contribution in [1.29, 1.82) is 0 Å². The van der Waals surface area contributed by atoms with Crippen molar-refractivity contribution < 1.29 is 13.5 Å². The van der Waals surface area contributed by atoms with Gasteiger partial charge in [-0.05, 0) is 30.3 Å². The van der Waals surface area contributed by atoms with Crippen LogP contribution in [0.4, 0.5) is 26.1 Å². The molecule has 146 valence electrons. The second kappa shape index (κ2) is 8.07. The third-order valence-electron chi connectivity index (χ3n) is 4.32. The van der Waals surface area contributed by atoms with Gasteiger partial charge >= 0.3 is 6.61 Å². The number of ether oxygens (including phenoxy) is 1. The average molecular weight is 407 g/mol. The van der Waals surface area contributed by atoms with Crippen LogP contribution >= 0.6 is 11.6 Å². The molecule has 7 nitrogen and oxygen atoms in total. The molecule has 1 aliphatic heterocycles. The summed E-state index contributed by atoms with van der Waals surface area (Å²) in [4.78, 5) is 15.5. The molecule has 1 saturated heterocycles. The fourth-order valence-corrected chi connectivity index (χ4v) is 3.22. The summed E-state index contributed by atoms with van der Waals surface area (Å²) in [6, 6.07) is 8.29. The number of fused-ring (bicyclic) bond motifs is 1. The van der Waals surface area contributed by atoms with Gasteiger partial charge in [0.05, 0.1) is 10.5 Å². The molecule has 3 heterocycles. The van der Waals surface area contributed by atoms with Gasteiger partial charge in [0, 0.05) is 31.9 Å². The van der Waals surface area contributed by atoms with E-state index in [0.717, 1.165) is 32.0 Å². The number of halogens is 3. The zero-order valence-electron chi connectivity index (χ0n) is 14.7. The monoisotopic (exact) mass is 406 g/mol. The quantitative estimate of drug-likeness (QED) is 0.672. The molecule has 1 aromatic carbocycles. The van der Waals surface area contributed by atoms with Crippen LogP contribution in [0.5, 0.6) is 5.75 Å². The summed E-state index contributed by atoms with van der Waals surface area (Å²) in [6.07, 6.45) is 1.44. The Kier molecular flexibility index (Phi) is 5.36. The van der Waals surface area contributed by atoms with E-state index in [2.05, 4.69) is 30.2 Å². The minimum absolute atomic E-state index is 0.0677. The van der Waals surface area contributed by atoms with Crippen molar-refractivity contribution in [3.63, 3.8) is 0 Å². The smallest absolute Gasteiger partial charge is 0.387 e. The van der Waals surface area contributed by atoms with Crippen molar-refractivity contribution in [3.8, 4) is 5.75 Å². The molecule has 1 aliphatic rings. The Bertz CT molecular complexity index is 983. The number of anilines is 3. The van der Waals surface area contributed by atoms with E-state index in [9.17, 15) is 8.78 Å². The van der Waals surface area contributed by atoms with E-state index in [-0.39, 0.29) is 10.8 Å². The highest BCUT2D eigenvalue weighted by Crippen LogP contribution is 2.31. The van der Waals surface area contributed by atoms with E-state index in [1.807, 2.05) is 12.1 Å². The number of nitrogens with one attached hydrogen (secondary N) is 2. The van der Waals surface area contributed by atoms with Gasteiger partial charge in [-0.3, -0.25) is 0 Å². The highest BCUT2D eigenvalue weighted by Gasteiger charge is 2.15. The molecule has 0 aliphatic carbocycles. The normalized spacial score (nSPS) is 14.5. The first-order valence-electron chi connectivity index (χ1n) is 8.69. The molecule has 0 radical (unpaired) electrons. The third kappa shape index (κ3) is 4.05. The molecule has 10 heteroatoms. The lowest BCUT2D eigenvalue weighted by Crippen LogP contribution is -2.43. The molecule has 0 amide bonds. The molecule has 0 spiro atoms. The van der Waals surface area contributed by atoms with Crippen LogP contribution in [-0.2, 0) is 0 Å². The van der Waals surface area contributed by atoms with Crippen molar-refractivity contribution in [2.24, 2.45) is 0 Å². The lowest BCUT2D eigenvalue weighted by Gasteiger charge is -2.28. The van der Waals surface area contributed by atoms with Crippen molar-refractivity contribution in [2.45, 2.75) is 6.61 Å². The molecule has 4 rings (SSSR count). The summed E-state index contributed by atoms with van der Waals surface area (Å²) in [5.41, 5.74) is 1.88. The molecular formula is C18H17ClF2N6O. The Labute approximate surface area is 164 Å². The number of pyridine rings is 1. The summed E-state index contributed by atoms with van der Waals surface area (Å²) in [5, 5.41) is 6.51. The number of hydrogen-bond donors (Lipinski definition) is 2. The van der Waals surface area contributed by atoms with Crippen LogP contribution in [0.3, 0.4) is 0 Å². The third-order valence-corrected chi connectivity index (χ3v) is 4.61. The minimum atomic E-state index is -2.94. The van der Waals surface area contributed by atoms with Gasteiger partial charge in [0.2, 0.25) is 0 Å². The van der Waals surface area contributed by atoms with Gasteiger partial charge in [-0.2, -0.15) is 8.78 Å². The first-order chi connectivity index (χ1) is 13.6. The van der Waals surface area contributed by atoms with E-state index in [4.69, 9.17) is 16.6 Å². The fourth-order valence-electron chi connectivity index (χ4n) is 3.00. The van der Waals surface area contributed by atoms with Crippen LogP contribution in [-0.4, -0.2) is 47.7 Å². The summed E-state index contributed by atoms with van der Waals surface area (Å²) in [7, 11) is 0. The molecule has 0 saturated carbocycles. The fraction of sp³-hybridized carbons (Fsp3) is 0.278. The lowest BCUT2D eigenvalue weighted by atomic mass is 10.2. The Morgan fingerprint density at radius 2 is 1.96 bits per heavy atom. The Morgan fingerprint density at radius 1 is 1.14 bits per heavy atom. The number of hydrogen-bond acceptors (Lipinski definition) is 7. The molecule has 28 heavy (non-hydrogen) atoms. The summed E-state index contributed by atoms with van der Waals surface area (Å²) in [5.74, 6) is 1.26. The predicted molar refractivity (Wildman–Crippen MR) is 104 cm³/mol. The highest BCUT2D eigenvalue weighted by molar-refractivity contribution is 6.32. The van der Waals surface area contributed by atoms with Crippen molar-refractivity contribution in [1.82, 2.24) is 20.3 Å². The lowest BCUT2D eigenvalue weighted by molar-refractivity contribution is -0.0497. The van der Waals surface area contributed by atoms with Crippen molar-refractivity contribution in [2.75, 3.05) is 36.4 Å². The maximum Gasteiger partial charge on any atom is 0.387 e. The topological polar surface area (TPSA) is 75.2 Å². The van der Waals surface area contributed by atoms with Crippen LogP contribution in [0.25, 0.3) is 11.0 Å². The minimum Gasteiger partial charge on any atom is -0.433 e. The molecule has 3 aromatic rings. The molecule has 0 unspecified atom stereocenters. The number of alkyl halides is 2. The van der Waals surface area contributed by atoms with Gasteiger partial charge in [0.15, 0.2) is 5.82 Å². The first kappa shape index (κ1) is 18.6. The van der Waals surface area contributed by atoms with Crippen molar-refractivity contribution in [3.05, 3.63) is 41.7 Å². The van der Waals surface area contributed by atoms with Gasteiger partial charge in [-0.15, -0.1) is 0 Å². The van der Waals surface area contributed by atoms with E-state index in [1.54, 1.807) is 6.07 Å². The molecule has 1 fully saturated rings. The second-order valence-electron chi connectivity index (χ2n) is 6.15. The maximum absolute atomic E-state index is 12.4. The molecule has 2 aromatic heterocycles. The zero-order chi connectivity index (χ0) is 19.5. The number of benzene rings is 1. The Hall–Kier alpha value is -2.78. The second-order valence-corrected chi connectivity index (χ2v) is 6.55. The highest BCUT2D eigenvalue weighted by atomic mass is 35.5. The van der Waals surface area contributed by atoms with E-state index in [0.29, 0.717) is 22.5 Å². The molecule has 2 N–H and O–H groups in total. The van der Waals surface area contributed by atoms with Crippen LogP contribution < -0.4 is 20.3 Å². The van der Waals surface area contributed by atoms with Crippen LogP contribution in [0.2, 0.25) is 5.02 Å². The number of piperazine rings is 1. The Balaban J connectivity index is 1.63. The Morgan fingerprint density at radius 3 is 2.71 bits per heavy atom. The van der Waals surface area contributed by atoms with Gasteiger partial charge < -0.3 is 20.3 Å². The summed E-state index contributed by atoms with van der Waals surface area (Å²) < 4.78 is 29.1. The van der Waals surface area contributed by atoms with Crippen molar-refractivity contribution >= 4 is 40.0 Å². The SMILES string of the molecule is FC(F)Oc1ccc(Nc2ncnc3ccc(N4CCNCC4)nc23)cc1Cl. The standard InChI is InChI=1S/C18H17ClF2N6O/c19-12-9-11(1-3-14(12)28-18(20)21)25-17-16-13(23-10-24-17)2-4-15(26-16)27-7-5-22-6-8-27/h1-4,9-10,18,22H,5-8H2,(H,23,24,25). The van der Waals surface area contributed by atoms with Crippen LogP contribution in [0.15, 0.2) is 36.7 Å². The van der Waals surface area contributed by atoms with E-state index in [1.165, 1.54) is 18.5 Å². The maximum atomic E-state index is 12.4. The summed E-state index contributed by atoms with van der Waals surface area (Å²) in [6.45, 7) is 0.616. The van der Waals surface area contributed by atoms with Crippen LogP contribution in [0, 0.1) is 0 Å². The largest absolute Gasteiger partial charge is 0.433 e. The predicted octanol–water partition coefficient (Wildman–Crippen LogP) is 3.43. The van der Waals surface area contributed by atoms with Gasteiger partial charge in [0.25, 0.3) is 0 Å².